The molecule has 5 unspecified atom stereocenters. The molecule has 0 spiro atoms. The molecule has 4 rings (SSSR count). The first-order valence-corrected chi connectivity index (χ1v) is 14.0. The fourth-order valence-electron chi connectivity index (χ4n) is 4.73. The lowest BCUT2D eigenvalue weighted by molar-refractivity contribution is -0.143. The van der Waals surface area contributed by atoms with Gasteiger partial charge >= 0.3 is 5.97 Å². The summed E-state index contributed by atoms with van der Waals surface area (Å²) in [6, 6.07) is 9.77. The van der Waals surface area contributed by atoms with E-state index in [-0.39, 0.29) is 18.6 Å². The van der Waals surface area contributed by atoms with Gasteiger partial charge in [0.2, 0.25) is 17.7 Å². The lowest BCUT2D eigenvalue weighted by atomic mass is 10.0. The molecule has 0 aliphatic heterocycles. The van der Waals surface area contributed by atoms with Gasteiger partial charge in [-0.25, -0.2) is 4.79 Å². The minimum Gasteiger partial charge on any atom is -0.480 e. The van der Waals surface area contributed by atoms with Crippen molar-refractivity contribution < 1.29 is 29.4 Å². The van der Waals surface area contributed by atoms with Crippen LogP contribution < -0.4 is 21.7 Å². The average Bonchev–Trinajstić information content (AvgIpc) is 3.58. The van der Waals surface area contributed by atoms with Crippen LogP contribution in [0.15, 0.2) is 60.9 Å². The van der Waals surface area contributed by atoms with Crippen LogP contribution in [0.2, 0.25) is 0 Å². The number of nitrogens with two attached hydrogens (primary N) is 1. The number of aliphatic hydroxyl groups excluding tert-OH is 1. The minimum atomic E-state index is -1.51. The van der Waals surface area contributed by atoms with Crippen LogP contribution >= 0.6 is 12.6 Å². The van der Waals surface area contributed by atoms with Gasteiger partial charge in [0.05, 0.1) is 12.1 Å². The van der Waals surface area contributed by atoms with E-state index in [0.29, 0.717) is 5.56 Å². The number of carboxylic acids is 1. The number of aliphatic hydroxyl groups is 1. The molecule has 2 aromatic heterocycles. The van der Waals surface area contributed by atoms with Crippen molar-refractivity contribution in [2.24, 2.45) is 5.73 Å². The monoisotopic (exact) mass is 594 g/mol. The Morgan fingerprint density at radius 3 is 1.81 bits per heavy atom. The van der Waals surface area contributed by atoms with E-state index in [1.54, 1.807) is 12.4 Å². The highest BCUT2D eigenvalue weighted by atomic mass is 32.1. The molecule has 0 bridgehead atoms. The van der Waals surface area contributed by atoms with Crippen molar-refractivity contribution in [2.75, 3.05) is 5.75 Å². The van der Waals surface area contributed by atoms with Gasteiger partial charge in [-0.05, 0) is 30.2 Å². The Morgan fingerprint density at radius 2 is 1.31 bits per heavy atom. The summed E-state index contributed by atoms with van der Waals surface area (Å²) in [5.41, 5.74) is 8.87. The molecule has 222 valence electrons. The Labute approximate surface area is 246 Å². The highest BCUT2D eigenvalue weighted by Crippen LogP contribution is 2.20. The Morgan fingerprint density at radius 1 is 0.810 bits per heavy atom. The van der Waals surface area contributed by atoms with Crippen LogP contribution in [0.5, 0.6) is 0 Å². The van der Waals surface area contributed by atoms with Crippen molar-refractivity contribution in [2.45, 2.75) is 50.0 Å². The van der Waals surface area contributed by atoms with E-state index in [9.17, 15) is 29.4 Å². The smallest absolute Gasteiger partial charge is 0.326 e. The summed E-state index contributed by atoms with van der Waals surface area (Å²) in [5.74, 6) is -3.51. The van der Waals surface area contributed by atoms with Crippen molar-refractivity contribution >= 4 is 58.1 Å². The van der Waals surface area contributed by atoms with E-state index >= 15 is 0 Å². The van der Waals surface area contributed by atoms with E-state index < -0.39 is 54.0 Å². The number of aliphatic carboxylic acids is 1. The standard InChI is InChI=1S/C29H34N6O6S/c1-15(36)25(28(39)34-24(29(40)41)11-17-13-32-22-9-5-3-7-19(17)22)35-27(38)23(33-26(37)20(30)14-42)10-16-12-31-21-8-4-2-6-18(16)21/h2-9,12-13,15,20,23-25,31-32,36,42H,10-11,14,30H2,1H3,(H,33,37)(H,34,39)(H,35,38)(H,40,41). The van der Waals surface area contributed by atoms with Crippen molar-refractivity contribution in [1.29, 1.82) is 0 Å². The maximum atomic E-state index is 13.5. The first-order chi connectivity index (χ1) is 20.1. The van der Waals surface area contributed by atoms with E-state index in [1.165, 1.54) is 6.92 Å². The Hall–Kier alpha value is -4.33. The first-order valence-electron chi connectivity index (χ1n) is 13.4. The van der Waals surface area contributed by atoms with Crippen molar-refractivity contribution in [3.63, 3.8) is 0 Å². The Balaban J connectivity index is 1.52. The number of aromatic nitrogens is 2. The van der Waals surface area contributed by atoms with Gasteiger partial charge in [0.1, 0.15) is 18.1 Å². The summed E-state index contributed by atoms with van der Waals surface area (Å²) in [7, 11) is 0. The maximum Gasteiger partial charge on any atom is 0.326 e. The molecule has 2 aromatic carbocycles. The molecule has 0 fully saturated rings. The zero-order valence-corrected chi connectivity index (χ0v) is 23.7. The van der Waals surface area contributed by atoms with Gasteiger partial charge in [-0.15, -0.1) is 0 Å². The van der Waals surface area contributed by atoms with Crippen LogP contribution in [0.3, 0.4) is 0 Å². The Bertz CT molecular complexity index is 1580. The van der Waals surface area contributed by atoms with E-state index in [1.807, 2.05) is 48.5 Å². The second-order valence-electron chi connectivity index (χ2n) is 10.1. The molecule has 9 N–H and O–H groups in total. The molecule has 2 heterocycles. The van der Waals surface area contributed by atoms with Crippen LogP contribution in [-0.4, -0.2) is 79.9 Å². The molecular weight excluding hydrogens is 560 g/mol. The van der Waals surface area contributed by atoms with Gasteiger partial charge in [0.15, 0.2) is 0 Å². The van der Waals surface area contributed by atoms with Gasteiger partial charge in [-0.2, -0.15) is 12.6 Å². The summed E-state index contributed by atoms with van der Waals surface area (Å²) in [6.07, 6.45) is 2.02. The predicted octanol–water partition coefficient (Wildman–Crippen LogP) is 0.611. The number of carboxylic acid groups (broad SMARTS) is 1. The molecule has 4 aromatic rings. The molecule has 42 heavy (non-hydrogen) atoms. The number of fused-ring (bicyclic) bond motifs is 2. The van der Waals surface area contributed by atoms with Crippen LogP contribution in [0.4, 0.5) is 0 Å². The largest absolute Gasteiger partial charge is 0.480 e. The van der Waals surface area contributed by atoms with Gasteiger partial charge < -0.3 is 41.9 Å². The van der Waals surface area contributed by atoms with Gasteiger partial charge in [-0.3, -0.25) is 14.4 Å². The summed E-state index contributed by atoms with van der Waals surface area (Å²) in [5, 5.41) is 29.4. The highest BCUT2D eigenvalue weighted by molar-refractivity contribution is 7.80. The van der Waals surface area contributed by atoms with Crippen LogP contribution in [0, 0.1) is 0 Å². The summed E-state index contributed by atoms with van der Waals surface area (Å²) in [4.78, 5) is 57.6. The lowest BCUT2D eigenvalue weighted by Gasteiger charge is -2.26. The molecular formula is C29H34N6O6S. The molecule has 0 saturated carbocycles. The third-order valence-electron chi connectivity index (χ3n) is 7.04. The number of nitrogens with one attached hydrogen (secondary N) is 5. The average molecular weight is 595 g/mol. The topological polar surface area (TPSA) is 202 Å². The van der Waals surface area contributed by atoms with Crippen molar-refractivity contribution in [1.82, 2.24) is 25.9 Å². The number of H-pyrrole nitrogens is 2. The predicted molar refractivity (Wildman–Crippen MR) is 161 cm³/mol. The number of carbonyl (C=O) groups excluding carboxylic acids is 3. The lowest BCUT2D eigenvalue weighted by Crippen LogP contribution is -2.60. The normalized spacial score (nSPS) is 15.0. The zero-order valence-electron chi connectivity index (χ0n) is 22.8. The molecule has 5 atom stereocenters. The zero-order chi connectivity index (χ0) is 30.4. The number of aromatic amines is 2. The molecule has 3 amide bonds. The van der Waals surface area contributed by atoms with E-state index in [4.69, 9.17) is 5.73 Å². The number of rotatable bonds is 13. The van der Waals surface area contributed by atoms with Crippen molar-refractivity contribution in [3.05, 3.63) is 72.1 Å². The number of para-hydroxylation sites is 2. The third-order valence-corrected chi connectivity index (χ3v) is 7.43. The van der Waals surface area contributed by atoms with Crippen LogP contribution in [-0.2, 0) is 32.0 Å². The fourth-order valence-corrected chi connectivity index (χ4v) is 4.90. The molecule has 12 nitrogen and oxygen atoms in total. The van der Waals surface area contributed by atoms with Gasteiger partial charge in [0.25, 0.3) is 0 Å². The maximum absolute atomic E-state index is 13.5. The molecule has 0 aliphatic carbocycles. The SMILES string of the molecule is CC(O)C(NC(=O)C(Cc1c[nH]c2ccccc12)NC(=O)C(N)CS)C(=O)NC(Cc1c[nH]c2ccccc12)C(=O)O. The van der Waals surface area contributed by atoms with E-state index in [2.05, 4.69) is 38.5 Å². The number of benzene rings is 2. The molecule has 0 aliphatic rings. The second kappa shape index (κ2) is 13.6. The van der Waals surface area contributed by atoms with Gasteiger partial charge in [-0.1, -0.05) is 36.4 Å². The van der Waals surface area contributed by atoms with E-state index in [0.717, 1.165) is 27.4 Å². The van der Waals surface area contributed by atoms with Crippen LogP contribution in [0.1, 0.15) is 18.1 Å². The van der Waals surface area contributed by atoms with Crippen molar-refractivity contribution in [3.8, 4) is 0 Å². The number of hydrogen-bond donors (Lipinski definition) is 9. The first kappa shape index (κ1) is 30.6. The molecule has 0 saturated heterocycles. The van der Waals surface area contributed by atoms with Crippen LogP contribution in [0.25, 0.3) is 21.8 Å². The molecule has 13 heteroatoms. The summed E-state index contributed by atoms with van der Waals surface area (Å²) >= 11 is 4.05. The number of thiol groups is 1. The molecule has 0 radical (unpaired) electrons. The minimum absolute atomic E-state index is 0.0353. The highest BCUT2D eigenvalue weighted by Gasteiger charge is 2.33. The number of carbonyl (C=O) groups is 4. The second-order valence-corrected chi connectivity index (χ2v) is 10.5. The quantitative estimate of drug-likeness (QED) is 0.101. The van der Waals surface area contributed by atoms with Gasteiger partial charge in [0, 0.05) is 52.8 Å². The third kappa shape index (κ3) is 7.11. The summed E-state index contributed by atoms with van der Waals surface area (Å²) < 4.78 is 0. The Kier molecular flexibility index (Phi) is 9.88. The fraction of sp³-hybridized carbons (Fsp3) is 0.310. The number of hydrogen-bond acceptors (Lipinski definition) is 7. The number of amides is 3. The summed E-state index contributed by atoms with van der Waals surface area (Å²) in [6.45, 7) is 1.30.